The lowest BCUT2D eigenvalue weighted by atomic mass is 10.4. The first kappa shape index (κ1) is 10.0. The molecule has 0 aliphatic rings. The largest absolute Gasteiger partial charge is 0.398 e. The topological polar surface area (TPSA) is 58.4 Å². The second-order valence-corrected chi connectivity index (χ2v) is 4.21. The van der Waals surface area contributed by atoms with Gasteiger partial charge in [0.15, 0.2) is 0 Å². The fraction of sp³-hybridized carbons (Fsp3) is 0.375. The molecule has 0 saturated carbocycles. The number of hydrogen-bond donors (Lipinski definition) is 2. The van der Waals surface area contributed by atoms with Gasteiger partial charge in [0, 0.05) is 24.7 Å². The average Bonchev–Trinajstić information content (AvgIpc) is 2.31. The Bertz CT molecular complexity index is 300. The summed E-state index contributed by atoms with van der Waals surface area (Å²) in [4.78, 5) is 13.0. The summed E-state index contributed by atoms with van der Waals surface area (Å²) in [5.74, 6) is -0.116. The predicted molar refractivity (Wildman–Crippen MR) is 54.6 cm³/mol. The van der Waals surface area contributed by atoms with E-state index in [4.69, 9.17) is 5.73 Å². The summed E-state index contributed by atoms with van der Waals surface area (Å²) < 4.78 is 0. The van der Waals surface area contributed by atoms with Gasteiger partial charge in [-0.05, 0) is 13.0 Å². The minimum absolute atomic E-state index is 0.116. The molecule has 0 unspecified atom stereocenters. The van der Waals surface area contributed by atoms with E-state index in [0.29, 0.717) is 10.6 Å². The number of nitrogens with zero attached hydrogens (tertiary/aromatic N) is 1. The second-order valence-electron chi connectivity index (χ2n) is 2.96. The number of nitrogens with two attached hydrogens (primary N) is 1. The van der Waals surface area contributed by atoms with Crippen molar-refractivity contribution >= 4 is 22.9 Å². The maximum atomic E-state index is 11.4. The lowest BCUT2D eigenvalue weighted by molar-refractivity contribution is 0.0861. The molecule has 0 saturated heterocycles. The van der Waals surface area contributed by atoms with Gasteiger partial charge < -0.3 is 5.73 Å². The van der Waals surface area contributed by atoms with Crippen molar-refractivity contribution in [3.8, 4) is 0 Å². The van der Waals surface area contributed by atoms with Gasteiger partial charge in [-0.3, -0.25) is 10.2 Å². The summed E-state index contributed by atoms with van der Waals surface area (Å²) >= 11 is 1.40. The number of hydrazine groups is 1. The number of nitrogens with one attached hydrogen (secondary N) is 1. The van der Waals surface area contributed by atoms with Crippen molar-refractivity contribution in [1.82, 2.24) is 10.4 Å². The molecule has 0 spiro atoms. The van der Waals surface area contributed by atoms with Crippen LogP contribution in [0.15, 0.2) is 6.07 Å². The smallest absolute Gasteiger partial charge is 0.275 e. The Balaban J connectivity index is 2.77. The summed E-state index contributed by atoms with van der Waals surface area (Å²) in [5, 5.41) is 1.60. The van der Waals surface area contributed by atoms with Gasteiger partial charge in [-0.2, -0.15) is 0 Å². The van der Waals surface area contributed by atoms with E-state index < -0.39 is 0 Å². The molecule has 3 N–H and O–H groups in total. The first-order valence-corrected chi connectivity index (χ1v) is 4.66. The van der Waals surface area contributed by atoms with Crippen LogP contribution in [-0.2, 0) is 0 Å². The van der Waals surface area contributed by atoms with Crippen molar-refractivity contribution in [3.63, 3.8) is 0 Å². The highest BCUT2D eigenvalue weighted by atomic mass is 32.1. The van der Waals surface area contributed by atoms with E-state index in [1.54, 1.807) is 25.2 Å². The Morgan fingerprint density at radius 3 is 2.62 bits per heavy atom. The number of nitrogen functional groups attached to an aromatic ring is 1. The Kier molecular flexibility index (Phi) is 2.90. The molecule has 1 aromatic rings. The number of hydrogen-bond acceptors (Lipinski definition) is 4. The zero-order valence-electron chi connectivity index (χ0n) is 7.92. The van der Waals surface area contributed by atoms with Crippen molar-refractivity contribution in [2.75, 3.05) is 19.8 Å². The Hall–Kier alpha value is -1.07. The summed E-state index contributed by atoms with van der Waals surface area (Å²) in [5.41, 5.74) is 8.95. The van der Waals surface area contributed by atoms with Crippen molar-refractivity contribution in [3.05, 3.63) is 15.8 Å². The van der Waals surface area contributed by atoms with Gasteiger partial charge in [-0.25, -0.2) is 5.01 Å². The number of amides is 1. The molecule has 1 amide bonds. The first-order chi connectivity index (χ1) is 6.00. The number of carbonyl (C=O) groups excluding carboxylic acids is 1. The molecule has 4 nitrogen and oxygen atoms in total. The van der Waals surface area contributed by atoms with Gasteiger partial charge >= 0.3 is 0 Å². The molecule has 0 aromatic carbocycles. The zero-order chi connectivity index (χ0) is 10.0. The van der Waals surface area contributed by atoms with Crippen molar-refractivity contribution < 1.29 is 4.79 Å². The van der Waals surface area contributed by atoms with Crippen LogP contribution in [0.3, 0.4) is 0 Å². The lowest BCUT2D eigenvalue weighted by Gasteiger charge is -2.09. The van der Waals surface area contributed by atoms with Crippen molar-refractivity contribution in [2.24, 2.45) is 0 Å². The molecule has 5 heteroatoms. The van der Waals surface area contributed by atoms with Crippen LogP contribution in [0.25, 0.3) is 0 Å². The van der Waals surface area contributed by atoms with E-state index in [1.165, 1.54) is 11.3 Å². The first-order valence-electron chi connectivity index (χ1n) is 3.85. The number of aryl methyl sites for hydroxylation is 1. The molecule has 0 radical (unpaired) electrons. The molecule has 0 aliphatic carbocycles. The maximum absolute atomic E-state index is 11.4. The Morgan fingerprint density at radius 2 is 2.23 bits per heavy atom. The fourth-order valence-electron chi connectivity index (χ4n) is 0.866. The molecule has 72 valence electrons. The average molecular weight is 199 g/mol. The van der Waals surface area contributed by atoms with Crippen LogP contribution in [0.2, 0.25) is 0 Å². The van der Waals surface area contributed by atoms with E-state index in [9.17, 15) is 4.79 Å². The third kappa shape index (κ3) is 2.43. The van der Waals surface area contributed by atoms with Crippen LogP contribution in [-0.4, -0.2) is 25.0 Å². The zero-order valence-corrected chi connectivity index (χ0v) is 8.73. The molecular weight excluding hydrogens is 186 g/mol. The van der Waals surface area contributed by atoms with E-state index in [1.807, 2.05) is 6.92 Å². The van der Waals surface area contributed by atoms with Gasteiger partial charge in [0.25, 0.3) is 5.91 Å². The van der Waals surface area contributed by atoms with Crippen LogP contribution in [0.5, 0.6) is 0 Å². The van der Waals surface area contributed by atoms with E-state index in [0.717, 1.165) is 4.88 Å². The fourth-order valence-corrected chi connectivity index (χ4v) is 1.70. The SMILES string of the molecule is Cc1sc(C(=O)NN(C)C)cc1N. The van der Waals surface area contributed by atoms with Gasteiger partial charge in [0.05, 0.1) is 4.88 Å². The Labute approximate surface area is 81.3 Å². The standard InChI is InChI=1S/C8H13N3OS/c1-5-6(9)4-7(13-5)8(12)10-11(2)3/h4H,9H2,1-3H3,(H,10,12). The van der Waals surface area contributed by atoms with Gasteiger partial charge in [0.1, 0.15) is 0 Å². The second kappa shape index (κ2) is 3.76. The molecule has 13 heavy (non-hydrogen) atoms. The molecule has 0 atom stereocenters. The van der Waals surface area contributed by atoms with Gasteiger partial charge in [0.2, 0.25) is 0 Å². The molecule has 1 rings (SSSR count). The van der Waals surface area contributed by atoms with Crippen LogP contribution >= 0.6 is 11.3 Å². The summed E-state index contributed by atoms with van der Waals surface area (Å²) in [6.45, 7) is 1.90. The lowest BCUT2D eigenvalue weighted by Crippen LogP contribution is -2.35. The molecule has 0 bridgehead atoms. The highest BCUT2D eigenvalue weighted by Gasteiger charge is 2.10. The number of rotatable bonds is 2. The number of thiophene rings is 1. The predicted octanol–water partition coefficient (Wildman–Crippen LogP) is 0.845. The normalized spacial score (nSPS) is 10.5. The summed E-state index contributed by atoms with van der Waals surface area (Å²) in [7, 11) is 3.53. The highest BCUT2D eigenvalue weighted by molar-refractivity contribution is 7.14. The molecule has 1 aromatic heterocycles. The number of carbonyl (C=O) groups is 1. The van der Waals surface area contributed by atoms with E-state index in [2.05, 4.69) is 5.43 Å². The third-order valence-corrected chi connectivity index (χ3v) is 2.57. The molecule has 1 heterocycles. The third-order valence-electron chi connectivity index (χ3n) is 1.51. The molecule has 0 aliphatic heterocycles. The highest BCUT2D eigenvalue weighted by Crippen LogP contribution is 2.22. The Morgan fingerprint density at radius 1 is 1.62 bits per heavy atom. The van der Waals surface area contributed by atoms with Crippen LogP contribution in [0.1, 0.15) is 14.5 Å². The van der Waals surface area contributed by atoms with Crippen LogP contribution < -0.4 is 11.2 Å². The maximum Gasteiger partial charge on any atom is 0.275 e. The van der Waals surface area contributed by atoms with Crippen LogP contribution in [0.4, 0.5) is 5.69 Å². The monoisotopic (exact) mass is 199 g/mol. The van der Waals surface area contributed by atoms with E-state index in [-0.39, 0.29) is 5.91 Å². The number of anilines is 1. The van der Waals surface area contributed by atoms with Gasteiger partial charge in [-0.1, -0.05) is 0 Å². The molecule has 0 fully saturated rings. The van der Waals surface area contributed by atoms with E-state index >= 15 is 0 Å². The van der Waals surface area contributed by atoms with Crippen molar-refractivity contribution in [1.29, 1.82) is 0 Å². The van der Waals surface area contributed by atoms with Crippen LogP contribution in [0, 0.1) is 6.92 Å². The van der Waals surface area contributed by atoms with Crippen molar-refractivity contribution in [2.45, 2.75) is 6.92 Å². The minimum Gasteiger partial charge on any atom is -0.398 e. The minimum atomic E-state index is -0.116. The molecular formula is C8H13N3OS. The quantitative estimate of drug-likeness (QED) is 0.694. The summed E-state index contributed by atoms with van der Waals surface area (Å²) in [6, 6.07) is 1.69. The summed E-state index contributed by atoms with van der Waals surface area (Å²) in [6.07, 6.45) is 0. The van der Waals surface area contributed by atoms with Gasteiger partial charge in [-0.15, -0.1) is 11.3 Å².